The molecule has 2 aliphatic rings. The van der Waals surface area contributed by atoms with Crippen molar-refractivity contribution in [2.45, 2.75) is 43.9 Å². The van der Waals surface area contributed by atoms with Crippen molar-refractivity contribution in [2.24, 2.45) is 4.99 Å². The molecule has 1 spiro atoms. The lowest BCUT2D eigenvalue weighted by Crippen LogP contribution is -2.56. The minimum absolute atomic E-state index is 0.139. The molecule has 2 N–H and O–H groups in total. The summed E-state index contributed by atoms with van der Waals surface area (Å²) in [5, 5.41) is 16.5. The number of thiophene rings is 1. The first-order valence-corrected chi connectivity index (χ1v) is 10.9. The molecule has 1 aromatic carbocycles. The van der Waals surface area contributed by atoms with Crippen molar-refractivity contribution >= 4 is 28.3 Å². The summed E-state index contributed by atoms with van der Waals surface area (Å²) in [7, 11) is 0. The highest BCUT2D eigenvalue weighted by Gasteiger charge is 2.48. The molecule has 2 atom stereocenters. The Morgan fingerprint density at radius 1 is 1.44 bits per heavy atom. The van der Waals surface area contributed by atoms with Crippen LogP contribution in [0.1, 0.15) is 43.0 Å². The molecule has 0 aliphatic carbocycles. The molecule has 4 rings (SSSR count). The Labute approximate surface area is 168 Å². The molecule has 0 saturated carbocycles. The quantitative estimate of drug-likeness (QED) is 0.703. The third-order valence-corrected chi connectivity index (χ3v) is 6.74. The van der Waals surface area contributed by atoms with E-state index < -0.39 is 5.72 Å². The number of ether oxygens (including phenoxy) is 1. The lowest BCUT2D eigenvalue weighted by Gasteiger charge is -2.47. The van der Waals surface area contributed by atoms with E-state index in [-0.39, 0.29) is 17.2 Å². The summed E-state index contributed by atoms with van der Waals surface area (Å²) in [6.45, 7) is 8.17. The van der Waals surface area contributed by atoms with Gasteiger partial charge in [0.1, 0.15) is 11.5 Å². The molecule has 0 amide bonds. The molecule has 0 saturated heterocycles. The van der Waals surface area contributed by atoms with E-state index in [0.717, 1.165) is 35.1 Å². The highest BCUT2D eigenvalue weighted by Crippen LogP contribution is 2.50. The molecule has 2 aliphatic heterocycles. The van der Waals surface area contributed by atoms with Gasteiger partial charge in [-0.05, 0) is 31.4 Å². The van der Waals surface area contributed by atoms with E-state index >= 15 is 0 Å². The molecule has 0 fully saturated rings. The summed E-state index contributed by atoms with van der Waals surface area (Å²) in [6, 6.07) is 9.70. The van der Waals surface area contributed by atoms with Gasteiger partial charge in [-0.25, -0.2) is 4.99 Å². The largest absolute Gasteiger partial charge is 0.508 e. The molecule has 6 heteroatoms. The zero-order chi connectivity index (χ0) is 19.1. The van der Waals surface area contributed by atoms with E-state index in [9.17, 15) is 5.11 Å². The van der Waals surface area contributed by atoms with Gasteiger partial charge in [-0.3, -0.25) is 0 Å². The topological polar surface area (TPSA) is 53.9 Å². The third-order valence-electron chi connectivity index (χ3n) is 4.89. The molecule has 1 aromatic heterocycles. The van der Waals surface area contributed by atoms with Gasteiger partial charge in [0.05, 0.1) is 0 Å². The van der Waals surface area contributed by atoms with Crippen molar-refractivity contribution in [2.75, 3.05) is 5.75 Å². The van der Waals surface area contributed by atoms with Crippen LogP contribution in [-0.2, 0) is 0 Å². The number of hydrogen-bond donors (Lipinski definition) is 2. The maximum atomic E-state index is 10.0. The Hall–Kier alpha value is -1.92. The molecule has 3 heterocycles. The number of rotatable bonds is 3. The number of aliphatic imine (C=N–C) groups is 1. The van der Waals surface area contributed by atoms with Crippen LogP contribution in [0.25, 0.3) is 0 Å². The lowest BCUT2D eigenvalue weighted by atomic mass is 9.80. The Morgan fingerprint density at radius 3 is 3.04 bits per heavy atom. The maximum absolute atomic E-state index is 10.0. The van der Waals surface area contributed by atoms with Gasteiger partial charge in [-0.2, -0.15) is 0 Å². The first kappa shape index (κ1) is 18.4. The number of fused-ring (bicyclic) bond motifs is 1. The van der Waals surface area contributed by atoms with Gasteiger partial charge in [0.25, 0.3) is 0 Å². The number of hydrogen-bond acceptors (Lipinski definition) is 6. The van der Waals surface area contributed by atoms with Crippen molar-refractivity contribution in [3.05, 3.63) is 58.8 Å². The Balaban J connectivity index is 1.79. The molecular weight excluding hydrogens is 376 g/mol. The number of phenols is 1. The number of benzene rings is 1. The average molecular weight is 401 g/mol. The van der Waals surface area contributed by atoms with Gasteiger partial charge in [0, 0.05) is 46.6 Å². The van der Waals surface area contributed by atoms with Gasteiger partial charge in [-0.1, -0.05) is 30.0 Å². The van der Waals surface area contributed by atoms with Gasteiger partial charge in [0.2, 0.25) is 5.72 Å². The Bertz CT molecular complexity index is 876. The van der Waals surface area contributed by atoms with Crippen LogP contribution in [0.15, 0.2) is 53.4 Å². The fraction of sp³-hybridized carbons (Fsp3) is 0.381. The Kier molecular flexibility index (Phi) is 4.72. The Morgan fingerprint density at radius 2 is 2.30 bits per heavy atom. The molecule has 2 aromatic rings. The average Bonchev–Trinajstić information content (AvgIpc) is 3.11. The van der Waals surface area contributed by atoms with E-state index in [4.69, 9.17) is 9.73 Å². The molecule has 0 bridgehead atoms. The number of nitrogens with zero attached hydrogens (tertiary/aromatic N) is 1. The lowest BCUT2D eigenvalue weighted by molar-refractivity contribution is 0.0137. The third kappa shape index (κ3) is 3.73. The van der Waals surface area contributed by atoms with Crippen LogP contribution in [0.4, 0.5) is 0 Å². The van der Waals surface area contributed by atoms with Crippen LogP contribution >= 0.6 is 23.1 Å². The fourth-order valence-corrected chi connectivity index (χ4v) is 5.68. The van der Waals surface area contributed by atoms with E-state index in [1.165, 1.54) is 4.88 Å². The number of phenolic OH excluding ortho intramolecular Hbond substituents is 1. The van der Waals surface area contributed by atoms with Crippen LogP contribution in [-0.4, -0.2) is 27.3 Å². The number of nitrogens with one attached hydrogen (secondary N) is 1. The van der Waals surface area contributed by atoms with E-state index in [2.05, 4.69) is 43.3 Å². The molecule has 0 radical (unpaired) electrons. The van der Waals surface area contributed by atoms with Gasteiger partial charge >= 0.3 is 0 Å². The predicted octanol–water partition coefficient (Wildman–Crippen LogP) is 5.11. The standard InChI is InChI=1S/C21H24N2O2S2/c1-4-9-27-19-22-20(2,3)13-21(23-19)12-16(18-6-5-10-26-18)15-8-7-14(24)11-17(15)25-21/h4-8,10-11,16,24H,1,9,12-13H2,2-3H3,(H,22,23)/t16-,21-/m0/s1. The summed E-state index contributed by atoms with van der Waals surface area (Å²) in [5.74, 6) is 1.95. The van der Waals surface area contributed by atoms with Gasteiger partial charge < -0.3 is 15.2 Å². The van der Waals surface area contributed by atoms with E-state index in [1.807, 2.05) is 12.1 Å². The summed E-state index contributed by atoms with van der Waals surface area (Å²) in [5.41, 5.74) is 0.334. The molecule has 27 heavy (non-hydrogen) atoms. The zero-order valence-corrected chi connectivity index (χ0v) is 17.2. The second kappa shape index (κ2) is 6.91. The van der Waals surface area contributed by atoms with Crippen molar-refractivity contribution in [3.63, 3.8) is 0 Å². The monoisotopic (exact) mass is 400 g/mol. The maximum Gasteiger partial charge on any atom is 0.206 e. The highest BCUT2D eigenvalue weighted by molar-refractivity contribution is 8.13. The summed E-state index contributed by atoms with van der Waals surface area (Å²) in [6.07, 6.45) is 3.43. The van der Waals surface area contributed by atoms with Gasteiger partial charge in [0.15, 0.2) is 5.17 Å². The van der Waals surface area contributed by atoms with Crippen LogP contribution in [0, 0.1) is 0 Å². The first-order chi connectivity index (χ1) is 12.9. The minimum Gasteiger partial charge on any atom is -0.508 e. The number of thioether (sulfide) groups is 1. The highest BCUT2D eigenvalue weighted by atomic mass is 32.2. The van der Waals surface area contributed by atoms with Crippen molar-refractivity contribution < 1.29 is 9.84 Å². The summed E-state index contributed by atoms with van der Waals surface area (Å²) in [4.78, 5) is 6.32. The summed E-state index contributed by atoms with van der Waals surface area (Å²) >= 11 is 3.40. The van der Waals surface area contributed by atoms with Crippen LogP contribution in [0.2, 0.25) is 0 Å². The smallest absolute Gasteiger partial charge is 0.206 e. The van der Waals surface area contributed by atoms with E-state index in [1.54, 1.807) is 35.2 Å². The molecule has 142 valence electrons. The van der Waals surface area contributed by atoms with E-state index in [0.29, 0.717) is 0 Å². The van der Waals surface area contributed by atoms with Gasteiger partial charge in [-0.15, -0.1) is 17.9 Å². The summed E-state index contributed by atoms with van der Waals surface area (Å²) < 4.78 is 6.49. The predicted molar refractivity (Wildman–Crippen MR) is 114 cm³/mol. The SMILES string of the molecule is C=CCSC1=N[C@]2(C[C@H](c3cccs3)c3ccc(O)cc3O2)CC(C)(C)N1. The zero-order valence-electron chi connectivity index (χ0n) is 15.6. The number of amidine groups is 1. The minimum atomic E-state index is -0.645. The molecular formula is C21H24N2O2S2. The second-order valence-electron chi connectivity index (χ2n) is 7.74. The van der Waals surface area contributed by atoms with Crippen LogP contribution in [0.5, 0.6) is 11.5 Å². The van der Waals surface area contributed by atoms with Crippen molar-refractivity contribution in [3.8, 4) is 11.5 Å². The van der Waals surface area contributed by atoms with Crippen molar-refractivity contribution in [1.82, 2.24) is 5.32 Å². The van der Waals surface area contributed by atoms with Crippen LogP contribution < -0.4 is 10.1 Å². The fourth-order valence-electron chi connectivity index (χ4n) is 3.98. The normalized spacial score (nSPS) is 25.9. The van der Waals surface area contributed by atoms with Crippen molar-refractivity contribution in [1.29, 1.82) is 0 Å². The van der Waals surface area contributed by atoms with Crippen LogP contribution in [0.3, 0.4) is 0 Å². The molecule has 0 unspecified atom stereocenters. The molecule has 4 nitrogen and oxygen atoms in total. The number of aromatic hydroxyl groups is 1. The second-order valence-corrected chi connectivity index (χ2v) is 9.73. The first-order valence-electron chi connectivity index (χ1n) is 9.07.